The molecule has 2 saturated carbocycles. The first kappa shape index (κ1) is 43.4. The van der Waals surface area contributed by atoms with Gasteiger partial charge in [0.15, 0.2) is 61.3 Å². The smallest absolute Gasteiger partial charge is 0.356 e. The fourth-order valence-electron chi connectivity index (χ4n) is 6.22. The number of Topliss-reactive ketones (excluding diaryl/α,β-unsaturated/α-hetero) is 2. The Bertz CT molecular complexity index is 2320. The highest BCUT2D eigenvalue weighted by Gasteiger charge is 2.30. The summed E-state index contributed by atoms with van der Waals surface area (Å²) < 4.78 is 46.0. The Morgan fingerprint density at radius 1 is 0.603 bits per heavy atom. The van der Waals surface area contributed by atoms with Gasteiger partial charge in [0, 0.05) is 48.5 Å². The van der Waals surface area contributed by atoms with E-state index in [1.54, 1.807) is 0 Å². The third kappa shape index (κ3) is 10.8. The van der Waals surface area contributed by atoms with Crippen molar-refractivity contribution in [3.63, 3.8) is 0 Å². The second-order valence-corrected chi connectivity index (χ2v) is 19.6. The number of hydrogen-bond acceptors (Lipinski definition) is 16. The molecule has 0 bridgehead atoms. The van der Waals surface area contributed by atoms with E-state index in [9.17, 15) is 45.6 Å². The molecule has 2 fully saturated rings. The van der Waals surface area contributed by atoms with Crippen LogP contribution < -0.4 is 21.3 Å². The predicted molar refractivity (Wildman–Crippen MR) is 211 cm³/mol. The molecule has 2 aliphatic carbocycles. The maximum Gasteiger partial charge on any atom is 0.356 e. The lowest BCUT2D eigenvalue weighted by molar-refractivity contribution is 0.0677. The number of carboxylic acid groups (broad SMARTS) is 2. The van der Waals surface area contributed by atoms with Crippen molar-refractivity contribution in [2.45, 2.75) is 59.8 Å². The zero-order valence-corrected chi connectivity index (χ0v) is 33.9. The Hall–Kier alpha value is -5.72. The van der Waals surface area contributed by atoms with E-state index in [0.29, 0.717) is 28.2 Å². The van der Waals surface area contributed by atoms with Gasteiger partial charge in [0.2, 0.25) is 0 Å². The molecule has 0 saturated heterocycles. The molecule has 4 amide bonds. The van der Waals surface area contributed by atoms with E-state index in [-0.39, 0.29) is 50.6 Å². The van der Waals surface area contributed by atoms with Crippen LogP contribution in [-0.2, 0) is 19.7 Å². The molecule has 0 spiro atoms. The van der Waals surface area contributed by atoms with Crippen LogP contribution in [0.15, 0.2) is 45.3 Å². The van der Waals surface area contributed by atoms with E-state index in [2.05, 4.69) is 41.2 Å². The van der Waals surface area contributed by atoms with E-state index >= 15 is 0 Å². The zero-order valence-electron chi connectivity index (χ0n) is 30.7. The minimum Gasteiger partial charge on any atom is -0.476 e. The molecule has 0 radical (unpaired) electrons. The van der Waals surface area contributed by atoms with Gasteiger partial charge in [-0.3, -0.25) is 30.2 Å². The topological polar surface area (TPSA) is 311 Å². The molecule has 24 heteroatoms. The number of pyridine rings is 2. The maximum atomic E-state index is 12.7. The first-order valence-corrected chi connectivity index (χ1v) is 22.8. The van der Waals surface area contributed by atoms with Crippen LogP contribution >= 0.6 is 22.7 Å². The molecular formula is C34H36N8O12S4. The standard InChI is InChI=1S/2C17H18N4O6S2/c1-29(26,27)15-12(14(23)24)20-17(28-15)21-16(25)19-11-6-7-18-8-10(11)13(22)9-4-2-3-5-9;1-29(26,27)15-12(14(23)24)20-17(28-15)21-16(25)19-11-8-18-7-6-10(11)13(22)9-4-2-3-5-9/h6-9H,2-5H2,1H3,(H,23,24)(H2,18,19,20,21,25);6-9H,2-5H2,1H3,(H,23,24)(H2,19,20,21,25). The van der Waals surface area contributed by atoms with Crippen molar-refractivity contribution in [3.8, 4) is 0 Å². The number of nitrogens with one attached hydrogen (secondary N) is 4. The first-order valence-electron chi connectivity index (χ1n) is 17.3. The van der Waals surface area contributed by atoms with Gasteiger partial charge in [-0.25, -0.2) is 46.0 Å². The summed E-state index contributed by atoms with van der Waals surface area (Å²) in [6.07, 6.45) is 14.5. The van der Waals surface area contributed by atoms with E-state index in [4.69, 9.17) is 10.2 Å². The van der Waals surface area contributed by atoms with Gasteiger partial charge < -0.3 is 20.8 Å². The molecule has 308 valence electrons. The maximum absolute atomic E-state index is 12.7. The molecule has 0 atom stereocenters. The van der Waals surface area contributed by atoms with Crippen LogP contribution in [0.3, 0.4) is 0 Å². The predicted octanol–water partition coefficient (Wildman–Crippen LogP) is 5.31. The van der Waals surface area contributed by atoms with E-state index in [1.807, 2.05) is 0 Å². The lowest BCUT2D eigenvalue weighted by Gasteiger charge is -2.13. The lowest BCUT2D eigenvalue weighted by atomic mass is 9.96. The molecule has 58 heavy (non-hydrogen) atoms. The highest BCUT2D eigenvalue weighted by molar-refractivity contribution is 7.93. The number of rotatable bonds is 12. The van der Waals surface area contributed by atoms with Crippen LogP contribution in [0.2, 0.25) is 0 Å². The Kier molecular flexibility index (Phi) is 13.7. The molecule has 4 aromatic heterocycles. The number of thiazole rings is 2. The fraction of sp³-hybridized carbons (Fsp3) is 0.353. The summed E-state index contributed by atoms with van der Waals surface area (Å²) in [5, 5.41) is 27.5. The average molecular weight is 877 g/mol. The van der Waals surface area contributed by atoms with E-state index in [1.165, 1.54) is 36.9 Å². The largest absolute Gasteiger partial charge is 0.476 e. The van der Waals surface area contributed by atoms with Crippen LogP contribution in [0.5, 0.6) is 0 Å². The summed E-state index contributed by atoms with van der Waals surface area (Å²) in [6.45, 7) is 0. The van der Waals surface area contributed by atoms with Gasteiger partial charge in [-0.05, 0) is 37.8 Å². The van der Waals surface area contributed by atoms with Gasteiger partial charge in [0.25, 0.3) is 0 Å². The average Bonchev–Trinajstić information content (AvgIpc) is 3.99. The number of nitrogens with zero attached hydrogens (tertiary/aromatic N) is 4. The molecular weight excluding hydrogens is 841 g/mol. The number of sulfone groups is 2. The third-order valence-corrected chi connectivity index (χ3v) is 14.4. The van der Waals surface area contributed by atoms with Crippen LogP contribution in [0.4, 0.5) is 31.2 Å². The van der Waals surface area contributed by atoms with Crippen molar-refractivity contribution >= 4 is 99.6 Å². The van der Waals surface area contributed by atoms with Crippen LogP contribution in [-0.4, -0.2) is 95.1 Å². The molecule has 4 aromatic rings. The number of urea groups is 2. The molecule has 0 unspecified atom stereocenters. The van der Waals surface area contributed by atoms with Gasteiger partial charge in [-0.2, -0.15) is 0 Å². The number of carbonyl (C=O) groups excluding carboxylic acids is 4. The van der Waals surface area contributed by atoms with E-state index < -0.39 is 63.5 Å². The van der Waals surface area contributed by atoms with Gasteiger partial charge >= 0.3 is 24.0 Å². The number of anilines is 4. The van der Waals surface area contributed by atoms with Crippen LogP contribution in [0, 0.1) is 11.8 Å². The molecule has 0 aliphatic heterocycles. The Morgan fingerprint density at radius 3 is 1.45 bits per heavy atom. The van der Waals surface area contributed by atoms with Gasteiger partial charge in [-0.1, -0.05) is 48.4 Å². The minimum absolute atomic E-state index is 0.0676. The second kappa shape index (κ2) is 18.3. The minimum atomic E-state index is -3.83. The Morgan fingerprint density at radius 2 is 1.02 bits per heavy atom. The molecule has 4 heterocycles. The first-order chi connectivity index (χ1) is 27.3. The molecule has 2 aliphatic rings. The van der Waals surface area contributed by atoms with E-state index in [0.717, 1.165) is 63.9 Å². The van der Waals surface area contributed by atoms with Crippen molar-refractivity contribution in [2.75, 3.05) is 33.8 Å². The monoisotopic (exact) mass is 876 g/mol. The lowest BCUT2D eigenvalue weighted by Crippen LogP contribution is -2.22. The third-order valence-electron chi connectivity index (χ3n) is 8.83. The number of carbonyl (C=O) groups is 6. The quantitative estimate of drug-likeness (QED) is 0.0982. The molecule has 6 rings (SSSR count). The number of aromatic carboxylic acids is 2. The van der Waals surface area contributed by atoms with Crippen molar-refractivity contribution in [2.24, 2.45) is 11.8 Å². The number of hydrogen-bond donors (Lipinski definition) is 6. The van der Waals surface area contributed by atoms with Crippen molar-refractivity contribution in [1.29, 1.82) is 0 Å². The Labute approximate surface area is 338 Å². The number of carboxylic acids is 2. The second-order valence-electron chi connectivity index (χ2n) is 13.2. The van der Waals surface area contributed by atoms with Crippen LogP contribution in [0.25, 0.3) is 0 Å². The van der Waals surface area contributed by atoms with Gasteiger partial charge in [0.1, 0.15) is 0 Å². The summed E-state index contributed by atoms with van der Waals surface area (Å²) in [5.74, 6) is -3.39. The van der Waals surface area contributed by atoms with Crippen molar-refractivity contribution < 1.29 is 55.8 Å². The summed E-state index contributed by atoms with van der Waals surface area (Å²) in [6, 6.07) is 1.42. The van der Waals surface area contributed by atoms with Crippen LogP contribution in [0.1, 0.15) is 93.1 Å². The van der Waals surface area contributed by atoms with Crippen molar-refractivity contribution in [1.82, 2.24) is 19.9 Å². The highest BCUT2D eigenvalue weighted by atomic mass is 32.2. The summed E-state index contributed by atoms with van der Waals surface area (Å²) in [4.78, 5) is 87.7. The zero-order chi connectivity index (χ0) is 42.4. The number of amides is 4. The van der Waals surface area contributed by atoms with Gasteiger partial charge in [0.05, 0.1) is 23.1 Å². The molecule has 6 N–H and O–H groups in total. The summed E-state index contributed by atoms with van der Waals surface area (Å²) in [7, 11) is -7.66. The molecule has 0 aromatic carbocycles. The highest BCUT2D eigenvalue weighted by Crippen LogP contribution is 2.33. The Balaban J connectivity index is 0.000000221. The van der Waals surface area contributed by atoms with Crippen molar-refractivity contribution in [3.05, 3.63) is 59.4 Å². The normalized spacial score (nSPS) is 14.5. The summed E-state index contributed by atoms with van der Waals surface area (Å²) in [5.41, 5.74) is -0.228. The number of aromatic nitrogens is 4. The van der Waals surface area contributed by atoms with Gasteiger partial charge in [-0.15, -0.1) is 0 Å². The number of ketones is 2. The SMILES string of the molecule is CS(=O)(=O)c1sc(NC(=O)Nc2ccncc2C(=O)C2CCCC2)nc1C(=O)O.CS(=O)(=O)c1sc(NC(=O)Nc2cnccc2C(=O)C2CCCC2)nc1C(=O)O. The summed E-state index contributed by atoms with van der Waals surface area (Å²) >= 11 is 1.06. The molecule has 20 nitrogen and oxygen atoms in total. The fourth-order valence-corrected chi connectivity index (χ4v) is 10.2.